The second kappa shape index (κ2) is 5.24. The zero-order valence-electron chi connectivity index (χ0n) is 10.7. The molecule has 1 heterocycles. The third kappa shape index (κ3) is 4.56. The molecule has 0 fully saturated rings. The highest BCUT2D eigenvalue weighted by Crippen LogP contribution is 2.19. The third-order valence-electron chi connectivity index (χ3n) is 2.40. The second-order valence-electron chi connectivity index (χ2n) is 5.46. The average Bonchev–Trinajstić information content (AvgIpc) is 2.16. The van der Waals surface area contributed by atoms with E-state index in [2.05, 4.69) is 32.7 Å². The van der Waals surface area contributed by atoms with Crippen LogP contribution >= 0.6 is 0 Å². The molecule has 16 heavy (non-hydrogen) atoms. The summed E-state index contributed by atoms with van der Waals surface area (Å²) in [6, 6.07) is 4.01. The van der Waals surface area contributed by atoms with E-state index in [1.165, 1.54) is 5.56 Å². The first kappa shape index (κ1) is 12.9. The van der Waals surface area contributed by atoms with Gasteiger partial charge in [-0.2, -0.15) is 0 Å². The lowest BCUT2D eigenvalue weighted by Crippen LogP contribution is -2.15. The van der Waals surface area contributed by atoms with Crippen LogP contribution in [0.5, 0.6) is 0 Å². The summed E-state index contributed by atoms with van der Waals surface area (Å²) in [7, 11) is 0. The van der Waals surface area contributed by atoms with Gasteiger partial charge in [-0.1, -0.05) is 33.8 Å². The first-order chi connectivity index (χ1) is 7.40. The van der Waals surface area contributed by atoms with Crippen LogP contribution in [0, 0.1) is 5.41 Å². The highest BCUT2D eigenvalue weighted by Gasteiger charge is 2.16. The van der Waals surface area contributed by atoms with Gasteiger partial charge in [0.1, 0.15) is 5.78 Å². The summed E-state index contributed by atoms with van der Waals surface area (Å²) in [6.45, 7) is 8.34. The van der Waals surface area contributed by atoms with Gasteiger partial charge >= 0.3 is 0 Å². The normalized spacial score (nSPS) is 11.5. The number of rotatable bonds is 4. The maximum atomic E-state index is 11.7. The zero-order chi connectivity index (χ0) is 12.2. The van der Waals surface area contributed by atoms with E-state index in [-0.39, 0.29) is 11.2 Å². The van der Waals surface area contributed by atoms with Gasteiger partial charge < -0.3 is 0 Å². The first-order valence-electron chi connectivity index (χ1n) is 5.86. The maximum absolute atomic E-state index is 11.7. The molecule has 0 amide bonds. The van der Waals surface area contributed by atoms with Crippen LogP contribution in [0.3, 0.4) is 0 Å². The Morgan fingerprint density at radius 3 is 2.44 bits per heavy atom. The van der Waals surface area contributed by atoms with Crippen LogP contribution in [0.1, 0.15) is 45.4 Å². The van der Waals surface area contributed by atoms with Crippen molar-refractivity contribution in [1.29, 1.82) is 0 Å². The summed E-state index contributed by atoms with van der Waals surface area (Å²) >= 11 is 0. The predicted octanol–water partition coefficient (Wildman–Crippen LogP) is 3.19. The maximum Gasteiger partial charge on any atom is 0.139 e. The average molecular weight is 219 g/mol. The van der Waals surface area contributed by atoms with E-state index in [0.717, 1.165) is 12.1 Å². The molecule has 0 atom stereocenters. The Labute approximate surface area is 98.1 Å². The van der Waals surface area contributed by atoms with Gasteiger partial charge in [0.2, 0.25) is 0 Å². The molecule has 1 rings (SSSR count). The molecule has 0 aliphatic heterocycles. The number of aryl methyl sites for hydroxylation is 1. The molecule has 0 unspecified atom stereocenters. The number of carbonyl (C=O) groups excluding carboxylic acids is 1. The van der Waals surface area contributed by atoms with Crippen LogP contribution in [0.2, 0.25) is 0 Å². The van der Waals surface area contributed by atoms with Gasteiger partial charge in [0, 0.05) is 24.7 Å². The van der Waals surface area contributed by atoms with Crippen LogP contribution in [0.15, 0.2) is 18.3 Å². The monoisotopic (exact) mass is 219 g/mol. The minimum absolute atomic E-state index is 0.0699. The number of nitrogens with zero attached hydrogens (tertiary/aromatic N) is 1. The van der Waals surface area contributed by atoms with E-state index in [0.29, 0.717) is 12.8 Å². The Morgan fingerprint density at radius 1 is 1.31 bits per heavy atom. The van der Waals surface area contributed by atoms with Crippen molar-refractivity contribution in [2.24, 2.45) is 5.41 Å². The fraction of sp³-hybridized carbons (Fsp3) is 0.571. The largest absolute Gasteiger partial charge is 0.299 e. The fourth-order valence-corrected chi connectivity index (χ4v) is 1.62. The second-order valence-corrected chi connectivity index (χ2v) is 5.46. The van der Waals surface area contributed by atoms with Gasteiger partial charge in [-0.3, -0.25) is 9.78 Å². The van der Waals surface area contributed by atoms with E-state index in [1.807, 2.05) is 18.3 Å². The summed E-state index contributed by atoms with van der Waals surface area (Å²) in [6.07, 6.45) is 3.92. The van der Waals surface area contributed by atoms with Gasteiger partial charge in [-0.15, -0.1) is 0 Å². The highest BCUT2D eigenvalue weighted by molar-refractivity contribution is 5.80. The van der Waals surface area contributed by atoms with E-state index >= 15 is 0 Å². The number of ketones is 1. The molecule has 0 N–H and O–H groups in total. The molecular weight excluding hydrogens is 198 g/mol. The molecule has 0 saturated heterocycles. The first-order valence-corrected chi connectivity index (χ1v) is 5.86. The van der Waals surface area contributed by atoms with Gasteiger partial charge in [-0.05, 0) is 23.5 Å². The summed E-state index contributed by atoms with van der Waals surface area (Å²) in [5, 5.41) is 0. The minimum atomic E-state index is 0.0699. The molecule has 0 bridgehead atoms. The van der Waals surface area contributed by atoms with Crippen molar-refractivity contribution in [3.05, 3.63) is 29.6 Å². The van der Waals surface area contributed by atoms with Crippen molar-refractivity contribution in [3.8, 4) is 0 Å². The Balaban J connectivity index is 2.56. The molecule has 0 spiro atoms. The van der Waals surface area contributed by atoms with Gasteiger partial charge in [0.05, 0.1) is 0 Å². The molecule has 0 radical (unpaired) electrons. The lowest BCUT2D eigenvalue weighted by molar-refractivity contribution is -0.120. The van der Waals surface area contributed by atoms with E-state index < -0.39 is 0 Å². The Morgan fingerprint density at radius 2 is 2.00 bits per heavy atom. The molecule has 2 heteroatoms. The molecule has 88 valence electrons. The lowest BCUT2D eigenvalue weighted by Gasteiger charge is -2.16. The Bertz CT molecular complexity index is 346. The Kier molecular flexibility index (Phi) is 4.22. The summed E-state index contributed by atoms with van der Waals surface area (Å²) in [5.74, 6) is 0.268. The number of hydrogen-bond donors (Lipinski definition) is 0. The summed E-state index contributed by atoms with van der Waals surface area (Å²) in [4.78, 5) is 16.0. The lowest BCUT2D eigenvalue weighted by atomic mass is 9.89. The standard InChI is InChI=1S/C14H21NO/c1-5-11-6-7-12(15-10-11)8-13(16)9-14(2,3)4/h6-7,10H,5,8-9H2,1-4H3. The van der Waals surface area contributed by atoms with Crippen molar-refractivity contribution in [2.45, 2.75) is 47.0 Å². The summed E-state index contributed by atoms with van der Waals surface area (Å²) < 4.78 is 0. The number of hydrogen-bond acceptors (Lipinski definition) is 2. The van der Waals surface area contributed by atoms with Crippen LogP contribution in [0.4, 0.5) is 0 Å². The molecule has 0 aromatic carbocycles. The molecular formula is C14H21NO. The van der Waals surface area contributed by atoms with Crippen LogP contribution < -0.4 is 0 Å². The third-order valence-corrected chi connectivity index (χ3v) is 2.40. The molecule has 0 aliphatic carbocycles. The molecule has 0 aliphatic rings. The van der Waals surface area contributed by atoms with E-state index in [9.17, 15) is 4.79 Å². The highest BCUT2D eigenvalue weighted by atomic mass is 16.1. The number of carbonyl (C=O) groups is 1. The SMILES string of the molecule is CCc1ccc(CC(=O)CC(C)(C)C)nc1. The zero-order valence-corrected chi connectivity index (χ0v) is 10.7. The smallest absolute Gasteiger partial charge is 0.139 e. The fourth-order valence-electron chi connectivity index (χ4n) is 1.62. The van der Waals surface area contributed by atoms with Crippen molar-refractivity contribution >= 4 is 5.78 Å². The predicted molar refractivity (Wildman–Crippen MR) is 66.4 cm³/mol. The number of Topliss-reactive ketones (excluding diaryl/α,β-unsaturated/α-hetero) is 1. The quantitative estimate of drug-likeness (QED) is 0.778. The van der Waals surface area contributed by atoms with Gasteiger partial charge in [0.15, 0.2) is 0 Å². The van der Waals surface area contributed by atoms with Crippen molar-refractivity contribution in [1.82, 2.24) is 4.98 Å². The van der Waals surface area contributed by atoms with E-state index in [1.54, 1.807) is 0 Å². The topological polar surface area (TPSA) is 30.0 Å². The minimum Gasteiger partial charge on any atom is -0.299 e. The van der Waals surface area contributed by atoms with Crippen molar-refractivity contribution < 1.29 is 4.79 Å². The Hall–Kier alpha value is -1.18. The van der Waals surface area contributed by atoms with Crippen molar-refractivity contribution in [3.63, 3.8) is 0 Å². The summed E-state index contributed by atoms with van der Waals surface area (Å²) in [5.41, 5.74) is 2.17. The molecule has 0 saturated carbocycles. The van der Waals surface area contributed by atoms with E-state index in [4.69, 9.17) is 0 Å². The van der Waals surface area contributed by atoms with Gasteiger partial charge in [-0.25, -0.2) is 0 Å². The number of pyridine rings is 1. The van der Waals surface area contributed by atoms with Crippen LogP contribution in [0.25, 0.3) is 0 Å². The number of aromatic nitrogens is 1. The van der Waals surface area contributed by atoms with Crippen LogP contribution in [-0.2, 0) is 17.6 Å². The van der Waals surface area contributed by atoms with Crippen molar-refractivity contribution in [2.75, 3.05) is 0 Å². The van der Waals surface area contributed by atoms with Crippen LogP contribution in [-0.4, -0.2) is 10.8 Å². The molecule has 1 aromatic rings. The molecule has 1 aromatic heterocycles. The molecule has 2 nitrogen and oxygen atoms in total. The van der Waals surface area contributed by atoms with Gasteiger partial charge in [0.25, 0.3) is 0 Å².